The largest absolute Gasteiger partial charge is 0.382 e. The van der Waals surface area contributed by atoms with E-state index in [2.05, 4.69) is 34.5 Å². The number of anilines is 2. The topological polar surface area (TPSA) is 41.3 Å². The molecular weight excluding hydrogens is 186 g/mol. The molecule has 1 fully saturated rings. The van der Waals surface area contributed by atoms with Crippen LogP contribution in [-0.2, 0) is 0 Å². The summed E-state index contributed by atoms with van der Waals surface area (Å²) < 4.78 is 0. The summed E-state index contributed by atoms with van der Waals surface area (Å²) in [7, 11) is 4.10. The molecule has 1 saturated carbocycles. The molecule has 2 rings (SSSR count). The van der Waals surface area contributed by atoms with Gasteiger partial charge in [0, 0.05) is 37.6 Å². The van der Waals surface area contributed by atoms with Crippen LogP contribution < -0.4 is 16.0 Å². The average molecular weight is 205 g/mol. The Morgan fingerprint density at radius 3 is 2.27 bits per heavy atom. The van der Waals surface area contributed by atoms with E-state index in [0.29, 0.717) is 12.1 Å². The SMILES string of the molecule is CN(C)c1ccc(NC2CC(N)C2)cc1. The molecule has 3 N–H and O–H groups in total. The molecule has 0 unspecified atom stereocenters. The van der Waals surface area contributed by atoms with Gasteiger partial charge in [-0.1, -0.05) is 0 Å². The summed E-state index contributed by atoms with van der Waals surface area (Å²) >= 11 is 0. The zero-order valence-electron chi connectivity index (χ0n) is 9.40. The first-order chi connectivity index (χ1) is 7.15. The molecule has 82 valence electrons. The minimum Gasteiger partial charge on any atom is -0.382 e. The molecule has 3 heteroatoms. The number of hydrogen-bond acceptors (Lipinski definition) is 3. The summed E-state index contributed by atoms with van der Waals surface area (Å²) in [4.78, 5) is 2.10. The van der Waals surface area contributed by atoms with Crippen LogP contribution in [0.5, 0.6) is 0 Å². The van der Waals surface area contributed by atoms with E-state index in [4.69, 9.17) is 5.73 Å². The molecule has 3 nitrogen and oxygen atoms in total. The minimum atomic E-state index is 0.406. The first-order valence-corrected chi connectivity index (χ1v) is 5.44. The third-order valence-corrected chi connectivity index (χ3v) is 2.93. The minimum absolute atomic E-state index is 0.406. The van der Waals surface area contributed by atoms with E-state index in [1.165, 1.54) is 11.4 Å². The number of nitrogens with zero attached hydrogens (tertiary/aromatic N) is 1. The van der Waals surface area contributed by atoms with Crippen molar-refractivity contribution in [2.24, 2.45) is 5.73 Å². The van der Waals surface area contributed by atoms with E-state index in [1.807, 2.05) is 14.1 Å². The molecule has 0 amide bonds. The molecule has 0 heterocycles. The highest BCUT2D eigenvalue weighted by Gasteiger charge is 2.25. The lowest BCUT2D eigenvalue weighted by molar-refractivity contribution is 0.374. The van der Waals surface area contributed by atoms with Crippen molar-refractivity contribution >= 4 is 11.4 Å². The molecule has 1 aromatic carbocycles. The highest BCUT2D eigenvalue weighted by atomic mass is 15.1. The monoisotopic (exact) mass is 205 g/mol. The van der Waals surface area contributed by atoms with Crippen molar-refractivity contribution in [3.05, 3.63) is 24.3 Å². The Balaban J connectivity index is 1.92. The molecule has 1 aliphatic carbocycles. The van der Waals surface area contributed by atoms with Crippen LogP contribution >= 0.6 is 0 Å². The van der Waals surface area contributed by atoms with Crippen molar-refractivity contribution < 1.29 is 0 Å². The Labute approximate surface area is 91.3 Å². The molecule has 0 atom stereocenters. The number of hydrogen-bond donors (Lipinski definition) is 2. The van der Waals surface area contributed by atoms with Gasteiger partial charge in [0.2, 0.25) is 0 Å². The van der Waals surface area contributed by atoms with Crippen molar-refractivity contribution in [1.29, 1.82) is 0 Å². The van der Waals surface area contributed by atoms with E-state index in [1.54, 1.807) is 0 Å². The van der Waals surface area contributed by atoms with Gasteiger partial charge in [-0.15, -0.1) is 0 Å². The maximum absolute atomic E-state index is 5.74. The van der Waals surface area contributed by atoms with Crippen LogP contribution in [0.4, 0.5) is 11.4 Å². The summed E-state index contributed by atoms with van der Waals surface area (Å²) in [6, 6.07) is 9.48. The quantitative estimate of drug-likeness (QED) is 0.788. The van der Waals surface area contributed by atoms with Gasteiger partial charge in [-0.2, -0.15) is 0 Å². The van der Waals surface area contributed by atoms with Crippen molar-refractivity contribution in [1.82, 2.24) is 0 Å². The van der Waals surface area contributed by atoms with E-state index in [-0.39, 0.29) is 0 Å². The van der Waals surface area contributed by atoms with Crippen LogP contribution in [0.15, 0.2) is 24.3 Å². The van der Waals surface area contributed by atoms with Crippen LogP contribution in [0, 0.1) is 0 Å². The second kappa shape index (κ2) is 4.11. The van der Waals surface area contributed by atoms with Crippen LogP contribution in [-0.4, -0.2) is 26.2 Å². The molecule has 0 spiro atoms. The average Bonchev–Trinajstić information content (AvgIpc) is 2.16. The normalized spacial score (nSPS) is 24.5. The Morgan fingerprint density at radius 2 is 1.80 bits per heavy atom. The van der Waals surface area contributed by atoms with E-state index in [9.17, 15) is 0 Å². The fourth-order valence-electron chi connectivity index (χ4n) is 1.87. The molecule has 0 aromatic heterocycles. The maximum Gasteiger partial charge on any atom is 0.0362 e. The van der Waals surface area contributed by atoms with Gasteiger partial charge in [-0.25, -0.2) is 0 Å². The van der Waals surface area contributed by atoms with Gasteiger partial charge in [0.25, 0.3) is 0 Å². The van der Waals surface area contributed by atoms with Crippen molar-refractivity contribution in [3.63, 3.8) is 0 Å². The lowest BCUT2D eigenvalue weighted by Gasteiger charge is -2.33. The maximum atomic E-state index is 5.74. The molecule has 0 bridgehead atoms. The lowest BCUT2D eigenvalue weighted by Crippen LogP contribution is -2.44. The number of nitrogens with two attached hydrogens (primary N) is 1. The third kappa shape index (κ3) is 2.42. The number of rotatable bonds is 3. The Kier molecular flexibility index (Phi) is 2.82. The molecule has 0 aliphatic heterocycles. The van der Waals surface area contributed by atoms with E-state index in [0.717, 1.165) is 12.8 Å². The fourth-order valence-corrected chi connectivity index (χ4v) is 1.87. The first-order valence-electron chi connectivity index (χ1n) is 5.44. The van der Waals surface area contributed by atoms with E-state index >= 15 is 0 Å². The number of benzene rings is 1. The molecule has 0 radical (unpaired) electrons. The van der Waals surface area contributed by atoms with Crippen molar-refractivity contribution in [3.8, 4) is 0 Å². The molecule has 1 aliphatic rings. The molecular formula is C12H19N3. The zero-order valence-corrected chi connectivity index (χ0v) is 9.40. The second-order valence-corrected chi connectivity index (χ2v) is 4.51. The van der Waals surface area contributed by atoms with Crippen molar-refractivity contribution in [2.75, 3.05) is 24.3 Å². The zero-order chi connectivity index (χ0) is 10.8. The van der Waals surface area contributed by atoms with Crippen LogP contribution in [0.25, 0.3) is 0 Å². The van der Waals surface area contributed by atoms with E-state index < -0.39 is 0 Å². The fraction of sp³-hybridized carbons (Fsp3) is 0.500. The number of nitrogens with one attached hydrogen (secondary N) is 1. The molecule has 15 heavy (non-hydrogen) atoms. The van der Waals surface area contributed by atoms with Crippen LogP contribution in [0.3, 0.4) is 0 Å². The Morgan fingerprint density at radius 1 is 1.20 bits per heavy atom. The summed E-state index contributed by atoms with van der Waals surface area (Å²) in [6.07, 6.45) is 2.19. The first kappa shape index (κ1) is 10.3. The van der Waals surface area contributed by atoms with Gasteiger partial charge in [0.1, 0.15) is 0 Å². The Bertz CT molecular complexity index is 312. The summed E-state index contributed by atoms with van der Waals surface area (Å²) in [5.41, 5.74) is 8.16. The predicted octanol–water partition coefficient (Wildman–Crippen LogP) is 1.65. The highest BCUT2D eigenvalue weighted by Crippen LogP contribution is 2.23. The van der Waals surface area contributed by atoms with Gasteiger partial charge < -0.3 is 16.0 Å². The van der Waals surface area contributed by atoms with Gasteiger partial charge in [0.05, 0.1) is 0 Å². The molecule has 1 aromatic rings. The van der Waals surface area contributed by atoms with Gasteiger partial charge in [-0.05, 0) is 37.1 Å². The van der Waals surface area contributed by atoms with Gasteiger partial charge >= 0.3 is 0 Å². The third-order valence-electron chi connectivity index (χ3n) is 2.93. The predicted molar refractivity (Wildman–Crippen MR) is 65.4 cm³/mol. The van der Waals surface area contributed by atoms with Gasteiger partial charge in [0.15, 0.2) is 0 Å². The molecule has 0 saturated heterocycles. The summed E-state index contributed by atoms with van der Waals surface area (Å²) in [5, 5.41) is 3.48. The van der Waals surface area contributed by atoms with Crippen molar-refractivity contribution in [2.45, 2.75) is 24.9 Å². The summed E-state index contributed by atoms with van der Waals surface area (Å²) in [5.74, 6) is 0. The van der Waals surface area contributed by atoms with Gasteiger partial charge in [-0.3, -0.25) is 0 Å². The van der Waals surface area contributed by atoms with Crippen LogP contribution in [0.1, 0.15) is 12.8 Å². The smallest absolute Gasteiger partial charge is 0.0362 e. The highest BCUT2D eigenvalue weighted by molar-refractivity contribution is 5.54. The summed E-state index contributed by atoms with van der Waals surface area (Å²) in [6.45, 7) is 0. The Hall–Kier alpha value is -1.22. The standard InChI is InChI=1S/C12H19N3/c1-15(2)12-5-3-10(4-6-12)14-11-7-9(13)8-11/h3-6,9,11,14H,7-8,13H2,1-2H3. The lowest BCUT2D eigenvalue weighted by atomic mass is 9.87. The van der Waals surface area contributed by atoms with Crippen LogP contribution in [0.2, 0.25) is 0 Å². The second-order valence-electron chi connectivity index (χ2n) is 4.51.